The molecule has 25 atom stereocenters. The Morgan fingerprint density at radius 3 is 2.21 bits per heavy atom. The number of hydrogen-bond donors (Lipinski definition) is 7. The molecule has 0 amide bonds. The molecule has 25 unspecified atom stereocenters. The van der Waals surface area contributed by atoms with Gasteiger partial charge in [-0.2, -0.15) is 0 Å². The standard InChI is InChI=1S/C48H72O18/c1-20-9-14-47-16-15-46(8)45(7)13-10-25-43(4,5)27(11-12-44(25,6)37(45)36-38(63-36)48(46,26(47)17-20)66-42(47)57)62-39-33(56)34(23(50)18-59-39)64-41-35(31(54)29(52)24(61-41)19-58-22(3)49)65-40-32(55)30(53)28(51)21(2)60-40/h21,23-41,50-56H,1,9-19H2,2-8H3. The lowest BCUT2D eigenvalue weighted by molar-refractivity contribution is -0.385. The summed E-state index contributed by atoms with van der Waals surface area (Å²) in [5.74, 6) is -0.261. The van der Waals surface area contributed by atoms with E-state index < -0.39 is 121 Å². The van der Waals surface area contributed by atoms with E-state index in [0.29, 0.717) is 6.42 Å². The molecule has 5 saturated carbocycles. The van der Waals surface area contributed by atoms with E-state index in [1.165, 1.54) is 12.5 Å². The predicted molar refractivity (Wildman–Crippen MR) is 225 cm³/mol. The van der Waals surface area contributed by atoms with Crippen LogP contribution in [0, 0.1) is 44.8 Å². The molecule has 5 aliphatic carbocycles. The fourth-order valence-electron chi connectivity index (χ4n) is 16.1. The first-order valence-electron chi connectivity index (χ1n) is 24.3. The molecule has 372 valence electrons. The number of carbonyl (C=O) groups excluding carboxylic acids is 2. The zero-order chi connectivity index (χ0) is 47.4. The Balaban J connectivity index is 0.868. The zero-order valence-corrected chi connectivity index (χ0v) is 39.2. The van der Waals surface area contributed by atoms with Gasteiger partial charge in [0.25, 0.3) is 0 Å². The number of hydrogen-bond acceptors (Lipinski definition) is 18. The van der Waals surface area contributed by atoms with Gasteiger partial charge in [0.05, 0.1) is 30.3 Å². The average Bonchev–Trinajstić information content (AvgIpc) is 4.02. The topological polar surface area (TPSA) is 262 Å². The van der Waals surface area contributed by atoms with Crippen LogP contribution in [0.4, 0.5) is 0 Å². The van der Waals surface area contributed by atoms with Crippen LogP contribution < -0.4 is 0 Å². The number of carbonyl (C=O) groups is 2. The van der Waals surface area contributed by atoms with Crippen LogP contribution in [-0.2, 0) is 52.2 Å². The molecule has 0 aromatic rings. The van der Waals surface area contributed by atoms with Crippen molar-refractivity contribution in [3.63, 3.8) is 0 Å². The summed E-state index contributed by atoms with van der Waals surface area (Å²) in [4.78, 5) is 25.8. The van der Waals surface area contributed by atoms with Crippen molar-refractivity contribution in [3.8, 4) is 0 Å². The number of fused-ring (bicyclic) bond motifs is 6. The second-order valence-electron chi connectivity index (χ2n) is 23.1. The second-order valence-corrected chi connectivity index (χ2v) is 23.1. The fraction of sp³-hybridized carbons (Fsp3) is 0.917. The maximum Gasteiger partial charge on any atom is 0.313 e. The van der Waals surface area contributed by atoms with Crippen LogP contribution >= 0.6 is 0 Å². The summed E-state index contributed by atoms with van der Waals surface area (Å²) in [5, 5.41) is 77.2. The van der Waals surface area contributed by atoms with Gasteiger partial charge in [0, 0.05) is 18.3 Å². The molecule has 7 N–H and O–H groups in total. The quantitative estimate of drug-likeness (QED) is 0.0779. The fourth-order valence-corrected chi connectivity index (χ4v) is 16.1. The van der Waals surface area contributed by atoms with E-state index in [-0.39, 0.29) is 58.8 Å². The molecule has 5 saturated heterocycles. The molecule has 0 aromatic heterocycles. The third-order valence-electron chi connectivity index (χ3n) is 19.8. The monoisotopic (exact) mass is 936 g/mol. The minimum atomic E-state index is -1.82. The number of allylic oxidation sites excluding steroid dienone is 1. The highest BCUT2D eigenvalue weighted by molar-refractivity contribution is 5.82. The highest BCUT2D eigenvalue weighted by Gasteiger charge is 2.89. The lowest BCUT2D eigenvalue weighted by Gasteiger charge is -2.72. The van der Waals surface area contributed by atoms with E-state index in [1.807, 2.05) is 0 Å². The third-order valence-corrected chi connectivity index (χ3v) is 19.8. The predicted octanol–water partition coefficient (Wildman–Crippen LogP) is 1.14. The number of rotatable bonds is 8. The molecule has 10 rings (SSSR count). The molecule has 0 radical (unpaired) electrons. The summed E-state index contributed by atoms with van der Waals surface area (Å²) in [6, 6.07) is 0. The van der Waals surface area contributed by atoms with Crippen molar-refractivity contribution in [1.29, 1.82) is 0 Å². The molecule has 5 heterocycles. The van der Waals surface area contributed by atoms with Gasteiger partial charge in [0.2, 0.25) is 0 Å². The molecule has 10 aliphatic rings. The Kier molecular flexibility index (Phi) is 11.6. The van der Waals surface area contributed by atoms with Crippen molar-refractivity contribution < 1.29 is 88.0 Å². The molecular weight excluding hydrogens is 865 g/mol. The van der Waals surface area contributed by atoms with Crippen LogP contribution in [0.5, 0.6) is 0 Å². The Morgan fingerprint density at radius 2 is 1.48 bits per heavy atom. The van der Waals surface area contributed by atoms with Gasteiger partial charge in [-0.25, -0.2) is 0 Å². The highest BCUT2D eigenvalue weighted by atomic mass is 16.8. The van der Waals surface area contributed by atoms with E-state index in [2.05, 4.69) is 41.2 Å². The van der Waals surface area contributed by atoms with E-state index in [0.717, 1.165) is 58.3 Å². The third kappa shape index (κ3) is 6.56. The molecule has 18 heteroatoms. The first kappa shape index (κ1) is 47.8. The normalized spacial score (nSPS) is 57.0. The van der Waals surface area contributed by atoms with Gasteiger partial charge in [0.1, 0.15) is 73.8 Å². The Morgan fingerprint density at radius 1 is 0.758 bits per heavy atom. The van der Waals surface area contributed by atoms with Gasteiger partial charge >= 0.3 is 11.9 Å². The maximum atomic E-state index is 14.0. The number of aliphatic hydroxyl groups is 7. The smallest absolute Gasteiger partial charge is 0.313 e. The van der Waals surface area contributed by atoms with Gasteiger partial charge < -0.3 is 78.4 Å². The highest BCUT2D eigenvalue weighted by Crippen LogP contribution is 2.83. The summed E-state index contributed by atoms with van der Waals surface area (Å²) in [5.41, 5.74) is -1.00. The largest absolute Gasteiger partial charge is 0.463 e. The number of ether oxygens (including phenoxy) is 9. The molecule has 10 fully saturated rings. The van der Waals surface area contributed by atoms with Crippen molar-refractivity contribution in [2.45, 2.75) is 216 Å². The number of aliphatic hydroxyl groups excluding tert-OH is 7. The first-order chi connectivity index (χ1) is 31.0. The summed E-state index contributed by atoms with van der Waals surface area (Å²) in [6.45, 7) is 17.9. The van der Waals surface area contributed by atoms with Gasteiger partial charge in [-0.3, -0.25) is 9.59 Å². The van der Waals surface area contributed by atoms with Crippen molar-refractivity contribution >= 4 is 11.9 Å². The maximum absolute atomic E-state index is 14.0. The first-order valence-corrected chi connectivity index (χ1v) is 24.3. The SMILES string of the molecule is C=C1CCC23CCC4(C)C5(C)CCC6C(C)(C)C(OC7OCC(O)C(OC8OC(COC(C)=O)C(O)C(O)C8OC8OC(C)C(O)C(O)C8O)C7O)CCC6(C)C5C5OC5C4(OC2=O)C3C1. The Labute approximate surface area is 385 Å². The molecular formula is C48H72O18. The summed E-state index contributed by atoms with van der Waals surface area (Å²) < 4.78 is 55.3. The Bertz CT molecular complexity index is 1930. The van der Waals surface area contributed by atoms with Crippen LogP contribution in [0.2, 0.25) is 0 Å². The molecule has 18 nitrogen and oxygen atoms in total. The van der Waals surface area contributed by atoms with Crippen LogP contribution in [0.15, 0.2) is 12.2 Å². The Hall–Kier alpha value is -1.88. The molecule has 1 spiro atoms. The summed E-state index contributed by atoms with van der Waals surface area (Å²) >= 11 is 0. The van der Waals surface area contributed by atoms with E-state index in [4.69, 9.17) is 42.6 Å². The van der Waals surface area contributed by atoms with Crippen LogP contribution in [0.3, 0.4) is 0 Å². The van der Waals surface area contributed by atoms with Gasteiger partial charge in [0.15, 0.2) is 24.5 Å². The number of epoxide rings is 1. The van der Waals surface area contributed by atoms with Crippen molar-refractivity contribution in [2.24, 2.45) is 44.8 Å². The second kappa shape index (κ2) is 16.1. The van der Waals surface area contributed by atoms with Crippen LogP contribution in [0.1, 0.15) is 106 Å². The minimum Gasteiger partial charge on any atom is -0.463 e. The molecule has 2 bridgehead atoms. The molecule has 0 aromatic carbocycles. The average molecular weight is 937 g/mol. The minimum absolute atomic E-state index is 0.0314. The van der Waals surface area contributed by atoms with Gasteiger partial charge in [-0.1, -0.05) is 46.8 Å². The molecule has 66 heavy (non-hydrogen) atoms. The van der Waals surface area contributed by atoms with Crippen molar-refractivity contribution in [1.82, 2.24) is 0 Å². The zero-order valence-electron chi connectivity index (χ0n) is 39.2. The molecule has 5 aliphatic heterocycles. The van der Waals surface area contributed by atoms with E-state index >= 15 is 0 Å². The number of esters is 2. The van der Waals surface area contributed by atoms with E-state index in [9.17, 15) is 45.3 Å². The summed E-state index contributed by atoms with van der Waals surface area (Å²) in [6.07, 6.45) is -14.7. The van der Waals surface area contributed by atoms with Crippen LogP contribution in [-0.4, -0.2) is 171 Å². The van der Waals surface area contributed by atoms with E-state index in [1.54, 1.807) is 0 Å². The summed E-state index contributed by atoms with van der Waals surface area (Å²) in [7, 11) is 0. The van der Waals surface area contributed by atoms with Gasteiger partial charge in [-0.05, 0) is 92.8 Å². The van der Waals surface area contributed by atoms with Gasteiger partial charge in [-0.15, -0.1) is 0 Å². The van der Waals surface area contributed by atoms with Crippen molar-refractivity contribution in [2.75, 3.05) is 13.2 Å². The van der Waals surface area contributed by atoms with Crippen molar-refractivity contribution in [3.05, 3.63) is 12.2 Å². The van der Waals surface area contributed by atoms with Crippen LogP contribution in [0.25, 0.3) is 0 Å². The lowest BCUT2D eigenvalue weighted by Crippen LogP contribution is -2.74. The lowest BCUT2D eigenvalue weighted by atomic mass is 9.31.